The van der Waals surface area contributed by atoms with Gasteiger partial charge in [-0.05, 0) is 6.92 Å². The molecule has 6 nitrogen and oxygen atoms in total. The van der Waals surface area contributed by atoms with Crippen LogP contribution in [-0.2, 0) is 4.74 Å². The first-order valence-corrected chi connectivity index (χ1v) is 3.99. The van der Waals surface area contributed by atoms with E-state index in [1.54, 1.807) is 6.92 Å². The van der Waals surface area contributed by atoms with E-state index in [1.807, 2.05) is 0 Å². The van der Waals surface area contributed by atoms with Crippen molar-refractivity contribution < 1.29 is 30.3 Å². The van der Waals surface area contributed by atoms with Gasteiger partial charge in [-0.2, -0.15) is 0 Å². The summed E-state index contributed by atoms with van der Waals surface area (Å²) in [6, 6.07) is 0. The SMILES string of the molecule is CCOC(O)[C@H](O)[C@H](O)[C@H](O)CO. The lowest BCUT2D eigenvalue weighted by atomic mass is 10.1. The Morgan fingerprint density at radius 3 is 2.00 bits per heavy atom. The quantitative estimate of drug-likeness (QED) is 0.298. The van der Waals surface area contributed by atoms with Crippen molar-refractivity contribution in [2.45, 2.75) is 31.5 Å². The minimum Gasteiger partial charge on any atom is -0.394 e. The van der Waals surface area contributed by atoms with Crippen LogP contribution in [0.2, 0.25) is 0 Å². The number of hydrogen-bond donors (Lipinski definition) is 5. The van der Waals surface area contributed by atoms with Crippen molar-refractivity contribution in [2.24, 2.45) is 0 Å². The molecule has 1 unspecified atom stereocenters. The number of aliphatic hydroxyl groups is 5. The summed E-state index contributed by atoms with van der Waals surface area (Å²) in [4.78, 5) is 0. The van der Waals surface area contributed by atoms with Crippen molar-refractivity contribution in [1.29, 1.82) is 0 Å². The maximum Gasteiger partial charge on any atom is 0.183 e. The van der Waals surface area contributed by atoms with Gasteiger partial charge in [0.25, 0.3) is 0 Å². The van der Waals surface area contributed by atoms with E-state index in [1.165, 1.54) is 0 Å². The van der Waals surface area contributed by atoms with Gasteiger partial charge in [-0.25, -0.2) is 0 Å². The van der Waals surface area contributed by atoms with Gasteiger partial charge in [0, 0.05) is 6.61 Å². The fourth-order valence-electron chi connectivity index (χ4n) is 0.774. The van der Waals surface area contributed by atoms with Crippen LogP contribution in [0, 0.1) is 0 Å². The molecule has 0 fully saturated rings. The van der Waals surface area contributed by atoms with E-state index in [2.05, 4.69) is 4.74 Å². The molecule has 0 saturated carbocycles. The zero-order chi connectivity index (χ0) is 10.4. The molecule has 0 radical (unpaired) electrons. The zero-order valence-electron chi connectivity index (χ0n) is 7.37. The molecule has 0 aliphatic carbocycles. The summed E-state index contributed by atoms with van der Waals surface area (Å²) in [5, 5.41) is 44.5. The molecule has 0 aliphatic rings. The van der Waals surface area contributed by atoms with Gasteiger partial charge in [0.2, 0.25) is 0 Å². The van der Waals surface area contributed by atoms with E-state index in [0.717, 1.165) is 0 Å². The van der Waals surface area contributed by atoms with Crippen molar-refractivity contribution in [2.75, 3.05) is 13.2 Å². The minimum atomic E-state index is -1.64. The minimum absolute atomic E-state index is 0.167. The topological polar surface area (TPSA) is 110 Å². The van der Waals surface area contributed by atoms with Crippen LogP contribution in [0.15, 0.2) is 0 Å². The molecule has 0 aromatic carbocycles. The third kappa shape index (κ3) is 3.99. The highest BCUT2D eigenvalue weighted by Crippen LogP contribution is 2.05. The molecular formula is C7H16O6. The van der Waals surface area contributed by atoms with Crippen LogP contribution in [-0.4, -0.2) is 63.3 Å². The highest BCUT2D eigenvalue weighted by Gasteiger charge is 2.30. The van der Waals surface area contributed by atoms with E-state index in [4.69, 9.17) is 25.5 Å². The molecule has 13 heavy (non-hydrogen) atoms. The molecule has 0 aromatic rings. The van der Waals surface area contributed by atoms with Crippen LogP contribution in [0.1, 0.15) is 6.92 Å². The molecule has 4 atom stereocenters. The standard InChI is InChI=1S/C7H16O6/c1-2-13-7(12)6(11)5(10)4(9)3-8/h4-12H,2-3H2,1H3/t4-,5-,6-,7?/m1/s1. The number of ether oxygens (including phenoxy) is 1. The van der Waals surface area contributed by atoms with E-state index >= 15 is 0 Å². The van der Waals surface area contributed by atoms with Gasteiger partial charge in [-0.3, -0.25) is 0 Å². The first kappa shape index (κ1) is 12.8. The van der Waals surface area contributed by atoms with Crippen molar-refractivity contribution >= 4 is 0 Å². The average molecular weight is 196 g/mol. The monoisotopic (exact) mass is 196 g/mol. The summed E-state index contributed by atoms with van der Waals surface area (Å²) in [6.07, 6.45) is -6.33. The van der Waals surface area contributed by atoms with Gasteiger partial charge in [-0.15, -0.1) is 0 Å². The van der Waals surface area contributed by atoms with Crippen LogP contribution in [0.5, 0.6) is 0 Å². The average Bonchev–Trinajstić information content (AvgIpc) is 2.14. The molecule has 0 aliphatic heterocycles. The van der Waals surface area contributed by atoms with Crippen LogP contribution in [0.4, 0.5) is 0 Å². The predicted octanol–water partition coefficient (Wildman–Crippen LogP) is -2.58. The second kappa shape index (κ2) is 6.25. The van der Waals surface area contributed by atoms with Gasteiger partial charge in [0.15, 0.2) is 6.29 Å². The van der Waals surface area contributed by atoms with Crippen LogP contribution < -0.4 is 0 Å². The van der Waals surface area contributed by atoms with Crippen LogP contribution in [0.3, 0.4) is 0 Å². The molecule has 6 heteroatoms. The molecule has 0 rings (SSSR count). The van der Waals surface area contributed by atoms with E-state index < -0.39 is 31.2 Å². The van der Waals surface area contributed by atoms with Gasteiger partial charge in [0.05, 0.1) is 6.61 Å². The maximum atomic E-state index is 9.12. The van der Waals surface area contributed by atoms with Crippen molar-refractivity contribution in [3.05, 3.63) is 0 Å². The number of rotatable bonds is 6. The Bertz CT molecular complexity index is 130. The Morgan fingerprint density at radius 2 is 1.62 bits per heavy atom. The fourth-order valence-corrected chi connectivity index (χ4v) is 0.774. The fraction of sp³-hybridized carbons (Fsp3) is 1.00. The Labute approximate surface area is 76.0 Å². The first-order chi connectivity index (χ1) is 6.04. The van der Waals surface area contributed by atoms with E-state index in [0.29, 0.717) is 0 Å². The maximum absolute atomic E-state index is 9.12. The molecular weight excluding hydrogens is 180 g/mol. The van der Waals surface area contributed by atoms with E-state index in [9.17, 15) is 0 Å². The molecule has 0 aromatic heterocycles. The molecule has 0 amide bonds. The lowest BCUT2D eigenvalue weighted by Gasteiger charge is -2.24. The zero-order valence-corrected chi connectivity index (χ0v) is 7.37. The third-order valence-electron chi connectivity index (χ3n) is 1.56. The Balaban J connectivity index is 3.99. The Kier molecular flexibility index (Phi) is 6.13. The molecule has 80 valence electrons. The van der Waals surface area contributed by atoms with Crippen LogP contribution >= 0.6 is 0 Å². The van der Waals surface area contributed by atoms with Crippen molar-refractivity contribution in [3.8, 4) is 0 Å². The highest BCUT2D eigenvalue weighted by atomic mass is 16.6. The summed E-state index contributed by atoms with van der Waals surface area (Å²) >= 11 is 0. The molecule has 0 heterocycles. The van der Waals surface area contributed by atoms with Crippen molar-refractivity contribution in [3.63, 3.8) is 0 Å². The van der Waals surface area contributed by atoms with Gasteiger partial charge in [-0.1, -0.05) is 0 Å². The molecule has 0 spiro atoms. The lowest BCUT2D eigenvalue weighted by molar-refractivity contribution is -0.202. The van der Waals surface area contributed by atoms with Gasteiger partial charge >= 0.3 is 0 Å². The summed E-state index contributed by atoms with van der Waals surface area (Å²) in [5.41, 5.74) is 0. The number of hydrogen-bond acceptors (Lipinski definition) is 6. The Hall–Kier alpha value is -0.240. The molecule has 5 N–H and O–H groups in total. The largest absolute Gasteiger partial charge is 0.394 e. The number of aliphatic hydroxyl groups excluding tert-OH is 5. The second-order valence-electron chi connectivity index (χ2n) is 2.58. The van der Waals surface area contributed by atoms with E-state index in [-0.39, 0.29) is 6.61 Å². The lowest BCUT2D eigenvalue weighted by Crippen LogP contribution is -2.46. The first-order valence-electron chi connectivity index (χ1n) is 3.99. The van der Waals surface area contributed by atoms with Crippen molar-refractivity contribution in [1.82, 2.24) is 0 Å². The smallest absolute Gasteiger partial charge is 0.183 e. The van der Waals surface area contributed by atoms with Gasteiger partial charge < -0.3 is 30.3 Å². The molecule has 0 saturated heterocycles. The third-order valence-corrected chi connectivity index (χ3v) is 1.56. The normalized spacial score (nSPS) is 20.8. The predicted molar refractivity (Wildman–Crippen MR) is 42.7 cm³/mol. The highest BCUT2D eigenvalue weighted by molar-refractivity contribution is 4.76. The summed E-state index contributed by atoms with van der Waals surface area (Å²) in [7, 11) is 0. The molecule has 0 bridgehead atoms. The Morgan fingerprint density at radius 1 is 1.08 bits per heavy atom. The second-order valence-corrected chi connectivity index (χ2v) is 2.58. The van der Waals surface area contributed by atoms with Gasteiger partial charge in [0.1, 0.15) is 18.3 Å². The summed E-state index contributed by atoms with van der Waals surface area (Å²) < 4.78 is 4.57. The van der Waals surface area contributed by atoms with Crippen LogP contribution in [0.25, 0.3) is 0 Å². The summed E-state index contributed by atoms with van der Waals surface area (Å²) in [5.74, 6) is 0. The summed E-state index contributed by atoms with van der Waals surface area (Å²) in [6.45, 7) is 1.07.